The lowest BCUT2D eigenvalue weighted by Gasteiger charge is -2.37. The van der Waals surface area contributed by atoms with Crippen LogP contribution in [0.5, 0.6) is 0 Å². The minimum absolute atomic E-state index is 0.0713. The van der Waals surface area contributed by atoms with Gasteiger partial charge in [-0.3, -0.25) is 24.2 Å². The van der Waals surface area contributed by atoms with E-state index in [0.29, 0.717) is 6.42 Å². The Morgan fingerprint density at radius 1 is 1.12 bits per heavy atom. The molecule has 5 N–H and O–H groups in total. The third-order valence-corrected chi connectivity index (χ3v) is 8.82. The van der Waals surface area contributed by atoms with Gasteiger partial charge in [0.15, 0.2) is 0 Å². The first-order valence-electron chi connectivity index (χ1n) is 15.4. The van der Waals surface area contributed by atoms with Crippen LogP contribution in [-0.2, 0) is 14.4 Å². The van der Waals surface area contributed by atoms with E-state index in [4.69, 9.17) is 0 Å². The van der Waals surface area contributed by atoms with E-state index in [-0.39, 0.29) is 48.7 Å². The quantitative estimate of drug-likeness (QED) is 0.158. The summed E-state index contributed by atoms with van der Waals surface area (Å²) in [5.74, 6) is -3.20. The van der Waals surface area contributed by atoms with Crippen LogP contribution in [0.25, 0.3) is 0 Å². The van der Waals surface area contributed by atoms with Gasteiger partial charge in [-0.2, -0.15) is 0 Å². The van der Waals surface area contributed by atoms with Crippen LogP contribution in [0, 0.1) is 17.8 Å². The van der Waals surface area contributed by atoms with Crippen LogP contribution in [-0.4, -0.2) is 85.8 Å². The summed E-state index contributed by atoms with van der Waals surface area (Å²) in [5.41, 5.74) is -1.22. The molecule has 4 amide bonds. The number of nitrogens with one attached hydrogen (secondary N) is 3. The van der Waals surface area contributed by atoms with Crippen molar-refractivity contribution < 1.29 is 29.2 Å². The van der Waals surface area contributed by atoms with Crippen LogP contribution in [0.4, 0.5) is 0 Å². The zero-order valence-electron chi connectivity index (χ0n) is 25.8. The molecule has 1 aromatic rings. The number of carbonyl (C=O) groups is 4. The fourth-order valence-electron chi connectivity index (χ4n) is 6.15. The van der Waals surface area contributed by atoms with E-state index in [1.807, 2.05) is 13.8 Å². The molecular formula is C30H47BN6O6. The predicted molar refractivity (Wildman–Crippen MR) is 162 cm³/mol. The van der Waals surface area contributed by atoms with Crippen molar-refractivity contribution in [3.8, 4) is 0 Å². The molecule has 1 aliphatic carbocycles. The maximum atomic E-state index is 14.3. The van der Waals surface area contributed by atoms with Crippen molar-refractivity contribution in [3.63, 3.8) is 0 Å². The topological polar surface area (TPSA) is 174 Å². The van der Waals surface area contributed by atoms with Crippen LogP contribution in [0.1, 0.15) is 89.5 Å². The summed E-state index contributed by atoms with van der Waals surface area (Å²) in [6, 6.07) is -1.78. The highest BCUT2D eigenvalue weighted by atomic mass is 16.4. The van der Waals surface area contributed by atoms with E-state index in [9.17, 15) is 29.2 Å². The van der Waals surface area contributed by atoms with Gasteiger partial charge in [-0.1, -0.05) is 65.9 Å². The maximum absolute atomic E-state index is 14.3. The van der Waals surface area contributed by atoms with Crippen LogP contribution in [0.15, 0.2) is 31.2 Å². The van der Waals surface area contributed by atoms with E-state index >= 15 is 0 Å². The van der Waals surface area contributed by atoms with Gasteiger partial charge >= 0.3 is 7.12 Å². The molecule has 0 radical (unpaired) electrons. The lowest BCUT2D eigenvalue weighted by Crippen LogP contribution is -2.63. The monoisotopic (exact) mass is 598 g/mol. The molecular weight excluding hydrogens is 551 g/mol. The van der Waals surface area contributed by atoms with E-state index in [0.717, 1.165) is 32.1 Å². The molecule has 1 aromatic heterocycles. The molecule has 236 valence electrons. The number of carbonyl (C=O) groups excluding carboxylic acids is 4. The van der Waals surface area contributed by atoms with Gasteiger partial charge in [-0.05, 0) is 37.0 Å². The lowest BCUT2D eigenvalue weighted by atomic mass is 9.77. The van der Waals surface area contributed by atoms with Crippen molar-refractivity contribution in [2.24, 2.45) is 17.8 Å². The summed E-state index contributed by atoms with van der Waals surface area (Å²) in [4.78, 5) is 63.9. The summed E-state index contributed by atoms with van der Waals surface area (Å²) >= 11 is 0. The average molecular weight is 599 g/mol. The molecule has 1 saturated carbocycles. The molecule has 12 nitrogen and oxygen atoms in total. The Labute approximate surface area is 254 Å². The normalized spacial score (nSPS) is 21.3. The molecule has 43 heavy (non-hydrogen) atoms. The van der Waals surface area contributed by atoms with Crippen molar-refractivity contribution >= 4 is 30.7 Å². The number of hydrogen-bond acceptors (Lipinski definition) is 8. The number of amides is 4. The van der Waals surface area contributed by atoms with E-state index in [1.165, 1.54) is 24.7 Å². The molecule has 1 saturated heterocycles. The Hall–Kier alpha value is -3.32. The van der Waals surface area contributed by atoms with Crippen molar-refractivity contribution in [2.75, 3.05) is 6.54 Å². The molecule has 2 heterocycles. The highest BCUT2D eigenvalue weighted by Crippen LogP contribution is 2.35. The Morgan fingerprint density at radius 2 is 1.81 bits per heavy atom. The van der Waals surface area contributed by atoms with Crippen LogP contribution in [0.2, 0.25) is 0 Å². The number of rotatable bonds is 14. The van der Waals surface area contributed by atoms with Crippen LogP contribution >= 0.6 is 0 Å². The summed E-state index contributed by atoms with van der Waals surface area (Å²) < 4.78 is 0. The van der Waals surface area contributed by atoms with Gasteiger partial charge in [0.2, 0.25) is 17.7 Å². The summed E-state index contributed by atoms with van der Waals surface area (Å²) in [6.45, 7) is 11.2. The van der Waals surface area contributed by atoms with E-state index in [1.54, 1.807) is 18.7 Å². The zero-order valence-corrected chi connectivity index (χ0v) is 25.8. The summed E-state index contributed by atoms with van der Waals surface area (Å²) in [7, 11) is -1.79. The smallest absolute Gasteiger partial charge is 0.426 e. The lowest BCUT2D eigenvalue weighted by molar-refractivity contribution is -0.145. The van der Waals surface area contributed by atoms with Gasteiger partial charge in [-0.25, -0.2) is 4.98 Å². The highest BCUT2D eigenvalue weighted by molar-refractivity contribution is 6.43. The molecule has 13 heteroatoms. The first kappa shape index (κ1) is 34.2. The minimum atomic E-state index is -1.79. The molecule has 0 aromatic carbocycles. The van der Waals surface area contributed by atoms with E-state index < -0.39 is 48.4 Å². The molecule has 2 aliphatic rings. The minimum Gasteiger partial charge on any atom is -0.426 e. The largest absolute Gasteiger partial charge is 0.475 e. The number of aromatic nitrogens is 2. The molecule has 1 unspecified atom stereocenters. The van der Waals surface area contributed by atoms with Crippen molar-refractivity contribution in [1.29, 1.82) is 0 Å². The Balaban J connectivity index is 1.85. The molecule has 0 bridgehead atoms. The van der Waals surface area contributed by atoms with Crippen LogP contribution < -0.4 is 16.0 Å². The van der Waals surface area contributed by atoms with Crippen molar-refractivity contribution in [2.45, 2.75) is 103 Å². The SMILES string of the molecule is C=CC[C@H](NC(=O)[C@H](CC1CCCCC1)N1CCC(NC(=O)[C@@H](NC(=O)c2cnccn2)C(C)C)(C(C)C)C1=O)B(O)O. The van der Waals surface area contributed by atoms with Crippen LogP contribution in [0.3, 0.4) is 0 Å². The highest BCUT2D eigenvalue weighted by Gasteiger charge is 2.53. The molecule has 2 fully saturated rings. The summed E-state index contributed by atoms with van der Waals surface area (Å²) in [6.07, 6.45) is 11.7. The standard InChI is InChI=1S/C30H47BN6O6/c1-6-10-24(31(42)43)34-27(39)23(17-21-11-8-7-9-12-21)37-16-13-30(20(4)5,29(37)41)36-28(40)25(19(2)3)35-26(38)22-18-32-14-15-33-22/h6,14-15,18-21,23-25,42-43H,1,7-13,16-17H2,2-5H3,(H,34,39)(H,35,38)(H,36,40)/t23-,24-,25-,30?/m0/s1. The van der Waals surface area contributed by atoms with Gasteiger partial charge in [0.1, 0.15) is 23.3 Å². The van der Waals surface area contributed by atoms with Gasteiger partial charge in [-0.15, -0.1) is 6.58 Å². The maximum Gasteiger partial charge on any atom is 0.475 e. The second-order valence-electron chi connectivity index (χ2n) is 12.5. The molecule has 1 aliphatic heterocycles. The molecule has 3 rings (SSSR count). The van der Waals surface area contributed by atoms with Crippen molar-refractivity contribution in [1.82, 2.24) is 30.8 Å². The van der Waals surface area contributed by atoms with E-state index in [2.05, 4.69) is 32.5 Å². The Morgan fingerprint density at radius 3 is 2.37 bits per heavy atom. The zero-order chi connectivity index (χ0) is 31.7. The number of likely N-dealkylation sites (tertiary alicyclic amines) is 1. The molecule has 0 spiro atoms. The summed E-state index contributed by atoms with van der Waals surface area (Å²) in [5, 5.41) is 28.1. The van der Waals surface area contributed by atoms with Gasteiger partial charge in [0.25, 0.3) is 5.91 Å². The van der Waals surface area contributed by atoms with Gasteiger partial charge in [0.05, 0.1) is 12.1 Å². The second-order valence-corrected chi connectivity index (χ2v) is 12.5. The van der Waals surface area contributed by atoms with Crippen molar-refractivity contribution in [3.05, 3.63) is 36.9 Å². The fraction of sp³-hybridized carbons (Fsp3) is 0.667. The molecule has 4 atom stereocenters. The Bertz CT molecular complexity index is 1130. The van der Waals surface area contributed by atoms with Gasteiger partial charge < -0.3 is 30.9 Å². The van der Waals surface area contributed by atoms with Gasteiger partial charge in [0, 0.05) is 18.9 Å². The predicted octanol–water partition coefficient (Wildman–Crippen LogP) is 1.39. The third kappa shape index (κ3) is 8.41. The first-order chi connectivity index (χ1) is 20.4. The fourth-order valence-corrected chi connectivity index (χ4v) is 6.15. The first-order valence-corrected chi connectivity index (χ1v) is 15.4. The second kappa shape index (κ2) is 15.4. The number of hydrogen-bond donors (Lipinski definition) is 5. The third-order valence-electron chi connectivity index (χ3n) is 8.82. The average Bonchev–Trinajstić information content (AvgIpc) is 3.31. The number of nitrogens with zero attached hydrogens (tertiary/aromatic N) is 3. The Kier molecular flexibility index (Phi) is 12.3.